The number of nitrogens with one attached hydrogen (secondary N) is 1. The predicted octanol–water partition coefficient (Wildman–Crippen LogP) is 4.29. The Bertz CT molecular complexity index is 1050. The molecule has 0 bridgehead atoms. The highest BCUT2D eigenvalue weighted by Gasteiger charge is 2.49. The van der Waals surface area contributed by atoms with Crippen LogP contribution in [-0.2, 0) is 21.4 Å². The lowest BCUT2D eigenvalue weighted by atomic mass is 9.73. The molecule has 142 valence electrons. The zero-order valence-electron chi connectivity index (χ0n) is 15.7. The van der Waals surface area contributed by atoms with Gasteiger partial charge in [-0.2, -0.15) is 0 Å². The van der Waals surface area contributed by atoms with Crippen molar-refractivity contribution >= 4 is 39.0 Å². The number of carbonyl (C=O) groups excluding carboxylic acids is 2. The van der Waals surface area contributed by atoms with Crippen molar-refractivity contribution in [3.63, 3.8) is 0 Å². The lowest BCUT2D eigenvalue weighted by molar-refractivity contribution is -0.131. The molecule has 2 amide bonds. The largest absolute Gasteiger partial charge is 0.339 e. The van der Waals surface area contributed by atoms with Gasteiger partial charge in [-0.15, -0.1) is 0 Å². The zero-order valence-corrected chi connectivity index (χ0v) is 17.3. The van der Waals surface area contributed by atoms with Gasteiger partial charge in [0, 0.05) is 35.2 Å². The monoisotopic (exact) mass is 436 g/mol. The highest BCUT2D eigenvalue weighted by atomic mass is 79.9. The van der Waals surface area contributed by atoms with Gasteiger partial charge in [-0.05, 0) is 60.2 Å². The summed E-state index contributed by atoms with van der Waals surface area (Å²) < 4.78 is 0.977. The van der Waals surface area contributed by atoms with E-state index in [0.717, 1.165) is 26.9 Å². The standard InChI is InChI=1S/C23H21BrN2O2/c1-14-17-5-3-2-4-15(17)12-18(14)21(27)26-10-8-23(9-11-26)19-13-16(24)6-7-20(19)25-22(23)28/h2-7,13H,8-12H2,1H3,(H,25,28). The Labute approximate surface area is 172 Å². The molecular formula is C23H21BrN2O2. The van der Waals surface area contributed by atoms with E-state index in [1.807, 2.05) is 42.2 Å². The van der Waals surface area contributed by atoms with Crippen molar-refractivity contribution in [1.82, 2.24) is 4.90 Å². The summed E-state index contributed by atoms with van der Waals surface area (Å²) in [6.45, 7) is 3.25. The second-order valence-electron chi connectivity index (χ2n) is 7.96. The topological polar surface area (TPSA) is 49.4 Å². The molecule has 5 rings (SSSR count). The molecule has 2 heterocycles. The van der Waals surface area contributed by atoms with Crippen molar-refractivity contribution in [3.8, 4) is 0 Å². The molecule has 1 aliphatic carbocycles. The number of allylic oxidation sites excluding steroid dienone is 1. The summed E-state index contributed by atoms with van der Waals surface area (Å²) in [5.74, 6) is 0.188. The lowest BCUT2D eigenvalue weighted by Crippen LogP contribution is -2.48. The van der Waals surface area contributed by atoms with Gasteiger partial charge < -0.3 is 10.2 Å². The maximum atomic E-state index is 13.2. The first-order chi connectivity index (χ1) is 13.5. The van der Waals surface area contributed by atoms with E-state index in [1.54, 1.807) is 0 Å². The van der Waals surface area contributed by atoms with E-state index >= 15 is 0 Å². The molecule has 1 spiro atoms. The molecule has 2 aromatic carbocycles. The van der Waals surface area contributed by atoms with Crippen molar-refractivity contribution < 1.29 is 9.59 Å². The van der Waals surface area contributed by atoms with Crippen LogP contribution in [0.4, 0.5) is 5.69 Å². The van der Waals surface area contributed by atoms with E-state index in [-0.39, 0.29) is 11.8 Å². The average molecular weight is 437 g/mol. The van der Waals surface area contributed by atoms with E-state index in [9.17, 15) is 9.59 Å². The van der Waals surface area contributed by atoms with Crippen LogP contribution in [-0.4, -0.2) is 29.8 Å². The maximum Gasteiger partial charge on any atom is 0.250 e. The van der Waals surface area contributed by atoms with E-state index in [2.05, 4.69) is 33.4 Å². The van der Waals surface area contributed by atoms with E-state index < -0.39 is 5.41 Å². The first-order valence-electron chi connectivity index (χ1n) is 9.68. The van der Waals surface area contributed by atoms with Crippen molar-refractivity contribution in [2.75, 3.05) is 18.4 Å². The summed E-state index contributed by atoms with van der Waals surface area (Å²) in [6.07, 6.45) is 2.03. The molecule has 0 aromatic heterocycles. The molecule has 0 radical (unpaired) electrons. The molecule has 1 N–H and O–H groups in total. The Morgan fingerprint density at radius 2 is 1.89 bits per heavy atom. The first-order valence-corrected chi connectivity index (χ1v) is 10.5. The molecule has 28 heavy (non-hydrogen) atoms. The summed E-state index contributed by atoms with van der Waals surface area (Å²) in [5, 5.41) is 3.03. The van der Waals surface area contributed by atoms with Crippen molar-refractivity contribution in [2.45, 2.75) is 31.6 Å². The van der Waals surface area contributed by atoms with Crippen LogP contribution in [0.5, 0.6) is 0 Å². The molecule has 5 heteroatoms. The first kappa shape index (κ1) is 17.7. The number of rotatable bonds is 1. The number of piperidine rings is 1. The van der Waals surface area contributed by atoms with E-state index in [1.165, 1.54) is 11.1 Å². The van der Waals surface area contributed by atoms with Gasteiger partial charge in [0.2, 0.25) is 11.8 Å². The number of halogens is 1. The number of carbonyl (C=O) groups is 2. The molecule has 1 fully saturated rings. The Kier molecular flexibility index (Phi) is 3.98. The van der Waals surface area contributed by atoms with E-state index in [0.29, 0.717) is 32.4 Å². The van der Waals surface area contributed by atoms with Crippen LogP contribution in [0.15, 0.2) is 52.5 Å². The molecular weight excluding hydrogens is 416 g/mol. The van der Waals surface area contributed by atoms with Crippen LogP contribution in [0.2, 0.25) is 0 Å². The molecule has 4 nitrogen and oxygen atoms in total. The zero-order chi connectivity index (χ0) is 19.5. The van der Waals surface area contributed by atoms with Gasteiger partial charge >= 0.3 is 0 Å². The number of nitrogens with zero attached hydrogens (tertiary/aromatic N) is 1. The number of anilines is 1. The Morgan fingerprint density at radius 3 is 2.64 bits per heavy atom. The van der Waals surface area contributed by atoms with Gasteiger partial charge in [0.05, 0.1) is 5.41 Å². The summed E-state index contributed by atoms with van der Waals surface area (Å²) in [4.78, 5) is 28.0. The highest BCUT2D eigenvalue weighted by Crippen LogP contribution is 2.46. The maximum absolute atomic E-state index is 13.2. The quantitative estimate of drug-likeness (QED) is 0.724. The number of likely N-dealkylation sites (tertiary alicyclic amines) is 1. The van der Waals surface area contributed by atoms with Gasteiger partial charge in [0.1, 0.15) is 0 Å². The van der Waals surface area contributed by atoms with Crippen LogP contribution >= 0.6 is 15.9 Å². The fourth-order valence-electron chi connectivity index (χ4n) is 4.93. The molecule has 0 saturated carbocycles. The molecule has 1 saturated heterocycles. The number of hydrogen-bond donors (Lipinski definition) is 1. The second kappa shape index (κ2) is 6.31. The molecule has 0 unspecified atom stereocenters. The fraction of sp³-hybridized carbons (Fsp3) is 0.304. The number of benzene rings is 2. The third-order valence-corrected chi connectivity index (χ3v) is 7.08. The van der Waals surface area contributed by atoms with Gasteiger partial charge in [0.15, 0.2) is 0 Å². The summed E-state index contributed by atoms with van der Waals surface area (Å²) >= 11 is 3.53. The highest BCUT2D eigenvalue weighted by molar-refractivity contribution is 9.10. The molecule has 2 aliphatic heterocycles. The fourth-order valence-corrected chi connectivity index (χ4v) is 5.29. The van der Waals surface area contributed by atoms with Gasteiger partial charge in [-0.1, -0.05) is 40.2 Å². The number of hydrogen-bond acceptors (Lipinski definition) is 2. The summed E-state index contributed by atoms with van der Waals surface area (Å²) in [7, 11) is 0. The second-order valence-corrected chi connectivity index (χ2v) is 8.87. The molecule has 2 aromatic rings. The SMILES string of the molecule is CC1=C(C(=O)N2CCC3(CC2)C(=O)Nc2ccc(Br)cc23)Cc2ccccc21. The van der Waals surface area contributed by atoms with Crippen LogP contribution < -0.4 is 5.32 Å². The van der Waals surface area contributed by atoms with Gasteiger partial charge in [-0.3, -0.25) is 9.59 Å². The van der Waals surface area contributed by atoms with Crippen LogP contribution in [0.3, 0.4) is 0 Å². The minimum absolute atomic E-state index is 0.0661. The van der Waals surface area contributed by atoms with Gasteiger partial charge in [-0.25, -0.2) is 0 Å². The van der Waals surface area contributed by atoms with Gasteiger partial charge in [0.25, 0.3) is 0 Å². The molecule has 0 atom stereocenters. The number of amides is 2. The van der Waals surface area contributed by atoms with Crippen LogP contribution in [0, 0.1) is 0 Å². The van der Waals surface area contributed by atoms with Crippen molar-refractivity contribution in [2.24, 2.45) is 0 Å². The smallest absolute Gasteiger partial charge is 0.250 e. The minimum atomic E-state index is -0.516. The van der Waals surface area contributed by atoms with E-state index in [4.69, 9.17) is 0 Å². The van der Waals surface area contributed by atoms with Crippen LogP contribution in [0.1, 0.15) is 36.5 Å². The predicted molar refractivity (Wildman–Crippen MR) is 113 cm³/mol. The number of fused-ring (bicyclic) bond motifs is 3. The third kappa shape index (κ3) is 2.49. The minimum Gasteiger partial charge on any atom is -0.339 e. The third-order valence-electron chi connectivity index (χ3n) is 6.58. The average Bonchev–Trinajstić information content (AvgIpc) is 3.18. The summed E-state index contributed by atoms with van der Waals surface area (Å²) in [6, 6.07) is 14.2. The lowest BCUT2D eigenvalue weighted by Gasteiger charge is -2.38. The van der Waals surface area contributed by atoms with Crippen molar-refractivity contribution in [1.29, 1.82) is 0 Å². The Hall–Kier alpha value is -2.40. The van der Waals surface area contributed by atoms with Crippen molar-refractivity contribution in [3.05, 3.63) is 69.2 Å². The summed E-state index contributed by atoms with van der Waals surface area (Å²) in [5.41, 5.74) is 5.85. The Morgan fingerprint density at radius 1 is 1.14 bits per heavy atom. The molecule has 3 aliphatic rings. The Balaban J connectivity index is 1.38. The van der Waals surface area contributed by atoms with Crippen LogP contribution in [0.25, 0.3) is 5.57 Å². The normalized spacial score (nSPS) is 19.6.